The lowest BCUT2D eigenvalue weighted by Crippen LogP contribution is -2.37. The van der Waals surface area contributed by atoms with Crippen molar-refractivity contribution < 1.29 is 4.74 Å². The van der Waals surface area contributed by atoms with Gasteiger partial charge in [0.25, 0.3) is 0 Å². The van der Waals surface area contributed by atoms with E-state index in [-0.39, 0.29) is 0 Å². The molecule has 0 bridgehead atoms. The fraction of sp³-hybridized carbons (Fsp3) is 0.562. The molecule has 3 heterocycles. The van der Waals surface area contributed by atoms with Gasteiger partial charge < -0.3 is 9.64 Å². The van der Waals surface area contributed by atoms with E-state index in [1.807, 2.05) is 12.3 Å². The molecular weight excluding hydrogens is 278 g/mol. The molecule has 2 aliphatic rings. The summed E-state index contributed by atoms with van der Waals surface area (Å²) in [5.41, 5.74) is 2.63. The van der Waals surface area contributed by atoms with Gasteiger partial charge in [0.1, 0.15) is 0 Å². The zero-order valence-electron chi connectivity index (χ0n) is 12.9. The van der Waals surface area contributed by atoms with Crippen LogP contribution < -0.4 is 4.90 Å². The summed E-state index contributed by atoms with van der Waals surface area (Å²) in [5, 5.41) is 4.63. The molecule has 0 spiro atoms. The lowest BCUT2D eigenvalue weighted by molar-refractivity contribution is 0.177. The van der Waals surface area contributed by atoms with Crippen molar-refractivity contribution in [3.05, 3.63) is 35.9 Å². The average molecular weight is 299 g/mol. The molecule has 0 radical (unpaired) electrons. The Morgan fingerprint density at radius 3 is 2.82 bits per heavy atom. The van der Waals surface area contributed by atoms with Crippen molar-refractivity contribution in [3.63, 3.8) is 0 Å². The molecule has 0 aromatic carbocycles. The van der Waals surface area contributed by atoms with Gasteiger partial charge in [-0.3, -0.25) is 4.68 Å². The number of hydrogen-bond donors (Lipinski definition) is 0. The van der Waals surface area contributed by atoms with Crippen LogP contribution in [0.3, 0.4) is 0 Å². The van der Waals surface area contributed by atoms with Crippen molar-refractivity contribution in [1.82, 2.24) is 19.7 Å². The van der Waals surface area contributed by atoms with E-state index in [4.69, 9.17) is 4.74 Å². The molecule has 1 unspecified atom stereocenters. The Bertz CT molecular complexity index is 637. The number of nitrogens with zero attached hydrogens (tertiary/aromatic N) is 5. The van der Waals surface area contributed by atoms with Gasteiger partial charge in [0.05, 0.1) is 25.0 Å². The third-order valence-corrected chi connectivity index (χ3v) is 4.53. The SMILES string of the molecule is COCC1CN(c2ncccn2)Cc2c1cnn2CC1CC1. The number of methoxy groups -OCH3 is 1. The van der Waals surface area contributed by atoms with Gasteiger partial charge in [-0.1, -0.05) is 0 Å². The predicted molar refractivity (Wildman–Crippen MR) is 82.7 cm³/mol. The largest absolute Gasteiger partial charge is 0.384 e. The van der Waals surface area contributed by atoms with Gasteiger partial charge in [0, 0.05) is 44.1 Å². The van der Waals surface area contributed by atoms with E-state index in [2.05, 4.69) is 24.6 Å². The molecular formula is C16H21N5O. The molecule has 1 atom stereocenters. The molecule has 1 aliphatic heterocycles. The Kier molecular flexibility index (Phi) is 3.54. The Labute approximate surface area is 130 Å². The average Bonchev–Trinajstić information content (AvgIpc) is 3.28. The van der Waals surface area contributed by atoms with Gasteiger partial charge in [-0.15, -0.1) is 0 Å². The van der Waals surface area contributed by atoms with Gasteiger partial charge >= 0.3 is 0 Å². The predicted octanol–water partition coefficient (Wildman–Crippen LogP) is 1.83. The molecule has 1 aliphatic carbocycles. The topological polar surface area (TPSA) is 56.1 Å². The first kappa shape index (κ1) is 13.7. The highest BCUT2D eigenvalue weighted by Crippen LogP contribution is 2.34. The first-order valence-electron chi connectivity index (χ1n) is 7.90. The third-order valence-electron chi connectivity index (χ3n) is 4.53. The highest BCUT2D eigenvalue weighted by molar-refractivity contribution is 5.39. The minimum Gasteiger partial charge on any atom is -0.384 e. The second-order valence-corrected chi connectivity index (χ2v) is 6.25. The molecule has 1 saturated carbocycles. The van der Waals surface area contributed by atoms with Crippen molar-refractivity contribution in [2.24, 2.45) is 5.92 Å². The standard InChI is InChI=1S/C16H21N5O/c1-22-11-13-9-20(16-17-5-2-6-18-16)10-15-14(13)7-19-21(15)8-12-3-4-12/h2,5-7,12-13H,3-4,8-11H2,1H3. The summed E-state index contributed by atoms with van der Waals surface area (Å²) in [5.74, 6) is 1.92. The van der Waals surface area contributed by atoms with Crippen molar-refractivity contribution >= 4 is 5.95 Å². The molecule has 22 heavy (non-hydrogen) atoms. The van der Waals surface area contributed by atoms with E-state index < -0.39 is 0 Å². The Hall–Kier alpha value is -1.95. The maximum Gasteiger partial charge on any atom is 0.225 e. The molecule has 6 heteroatoms. The minimum atomic E-state index is 0.325. The summed E-state index contributed by atoms with van der Waals surface area (Å²) < 4.78 is 7.61. The fourth-order valence-corrected chi connectivity index (χ4v) is 3.20. The first-order chi connectivity index (χ1) is 10.8. The Morgan fingerprint density at radius 2 is 2.09 bits per heavy atom. The zero-order valence-corrected chi connectivity index (χ0v) is 12.9. The number of aromatic nitrogens is 4. The molecule has 2 aromatic rings. The number of anilines is 1. The van der Waals surface area contributed by atoms with E-state index >= 15 is 0 Å². The summed E-state index contributed by atoms with van der Waals surface area (Å²) in [4.78, 5) is 11.0. The van der Waals surface area contributed by atoms with Crippen molar-refractivity contribution in [3.8, 4) is 0 Å². The van der Waals surface area contributed by atoms with E-state index in [1.54, 1.807) is 19.5 Å². The summed E-state index contributed by atoms with van der Waals surface area (Å²) in [6.45, 7) is 3.44. The van der Waals surface area contributed by atoms with Crippen LogP contribution in [0, 0.1) is 5.92 Å². The third kappa shape index (κ3) is 2.59. The molecule has 1 fully saturated rings. The van der Waals surface area contributed by atoms with Crippen LogP contribution in [0.5, 0.6) is 0 Å². The summed E-state index contributed by atoms with van der Waals surface area (Å²) in [7, 11) is 1.76. The number of fused-ring (bicyclic) bond motifs is 1. The van der Waals surface area contributed by atoms with Crippen LogP contribution in [-0.2, 0) is 17.8 Å². The Morgan fingerprint density at radius 1 is 1.27 bits per heavy atom. The van der Waals surface area contributed by atoms with E-state index in [1.165, 1.54) is 24.1 Å². The summed E-state index contributed by atoms with van der Waals surface area (Å²) in [6, 6.07) is 1.85. The maximum atomic E-state index is 5.42. The lowest BCUT2D eigenvalue weighted by atomic mass is 9.95. The van der Waals surface area contributed by atoms with E-state index in [9.17, 15) is 0 Å². The smallest absolute Gasteiger partial charge is 0.225 e. The monoisotopic (exact) mass is 299 g/mol. The molecule has 116 valence electrons. The maximum absolute atomic E-state index is 5.42. The van der Waals surface area contributed by atoms with Crippen LogP contribution in [-0.4, -0.2) is 40.0 Å². The lowest BCUT2D eigenvalue weighted by Gasteiger charge is -2.33. The second-order valence-electron chi connectivity index (χ2n) is 6.25. The first-order valence-corrected chi connectivity index (χ1v) is 7.90. The van der Waals surface area contributed by atoms with Crippen LogP contribution in [0.2, 0.25) is 0 Å². The molecule has 0 saturated heterocycles. The van der Waals surface area contributed by atoms with Crippen molar-refractivity contribution in [2.75, 3.05) is 25.2 Å². The van der Waals surface area contributed by atoms with Crippen LogP contribution in [0.4, 0.5) is 5.95 Å². The number of rotatable bonds is 5. The Balaban J connectivity index is 1.65. The van der Waals surface area contributed by atoms with Crippen LogP contribution in [0.15, 0.2) is 24.7 Å². The highest BCUT2D eigenvalue weighted by atomic mass is 16.5. The van der Waals surface area contributed by atoms with Crippen LogP contribution in [0.25, 0.3) is 0 Å². The fourth-order valence-electron chi connectivity index (χ4n) is 3.20. The second kappa shape index (κ2) is 5.68. The van der Waals surface area contributed by atoms with Gasteiger partial charge in [0.15, 0.2) is 0 Å². The zero-order chi connectivity index (χ0) is 14.9. The quantitative estimate of drug-likeness (QED) is 0.843. The van der Waals surface area contributed by atoms with Gasteiger partial charge in [0.2, 0.25) is 5.95 Å². The van der Waals surface area contributed by atoms with Gasteiger partial charge in [-0.25, -0.2) is 9.97 Å². The van der Waals surface area contributed by atoms with E-state index in [0.29, 0.717) is 12.5 Å². The van der Waals surface area contributed by atoms with Crippen molar-refractivity contribution in [2.45, 2.75) is 31.8 Å². The molecule has 6 nitrogen and oxygen atoms in total. The van der Waals surface area contributed by atoms with Crippen LogP contribution in [0.1, 0.15) is 30.0 Å². The summed E-state index contributed by atoms with van der Waals surface area (Å²) >= 11 is 0. The molecule has 4 rings (SSSR count). The van der Waals surface area contributed by atoms with E-state index in [0.717, 1.165) is 31.5 Å². The summed E-state index contributed by atoms with van der Waals surface area (Å²) in [6.07, 6.45) is 8.29. The number of ether oxygens (including phenoxy) is 1. The highest BCUT2D eigenvalue weighted by Gasteiger charge is 2.31. The molecule has 2 aromatic heterocycles. The molecule has 0 amide bonds. The molecule has 0 N–H and O–H groups in total. The normalized spacial score (nSPS) is 21.0. The van der Waals surface area contributed by atoms with Gasteiger partial charge in [-0.2, -0.15) is 5.10 Å². The minimum absolute atomic E-state index is 0.325. The van der Waals surface area contributed by atoms with Crippen LogP contribution >= 0.6 is 0 Å². The van der Waals surface area contributed by atoms with Gasteiger partial charge in [-0.05, 0) is 24.8 Å². The number of hydrogen-bond acceptors (Lipinski definition) is 5. The van der Waals surface area contributed by atoms with Crippen molar-refractivity contribution in [1.29, 1.82) is 0 Å².